The molecule has 0 bridgehead atoms. The average molecular weight is 504 g/mol. The fourth-order valence-electron chi connectivity index (χ4n) is 2.16. The first-order valence-corrected chi connectivity index (χ1v) is 11.7. The molecular weight excluding hydrogens is 492 g/mol. The molecule has 10 heteroatoms. The molecule has 1 aliphatic rings. The van der Waals surface area contributed by atoms with Crippen LogP contribution < -0.4 is 0 Å². The van der Waals surface area contributed by atoms with Crippen molar-refractivity contribution in [2.75, 3.05) is 6.54 Å². The van der Waals surface area contributed by atoms with Gasteiger partial charge in [0, 0.05) is 11.0 Å². The van der Waals surface area contributed by atoms with Crippen molar-refractivity contribution in [1.82, 2.24) is 4.90 Å². The third-order valence-electron chi connectivity index (χ3n) is 3.37. The van der Waals surface area contributed by atoms with E-state index in [-0.39, 0.29) is 21.8 Å². The summed E-state index contributed by atoms with van der Waals surface area (Å²) < 4.78 is 30.2. The third kappa shape index (κ3) is 4.72. The van der Waals surface area contributed by atoms with Crippen molar-refractivity contribution in [2.45, 2.75) is 4.21 Å². The highest BCUT2D eigenvalue weighted by molar-refractivity contribution is 9.10. The molecule has 1 fully saturated rings. The number of hydrogen-bond donors (Lipinski definition) is 0. The van der Waals surface area contributed by atoms with Gasteiger partial charge in [0.1, 0.15) is 4.21 Å². The second-order valence-corrected chi connectivity index (χ2v) is 10.7. The Labute approximate surface area is 178 Å². The number of carbonyl (C=O) groups excluding carboxylic acids is 1. The number of carbonyl (C=O) groups is 1. The van der Waals surface area contributed by atoms with E-state index in [1.807, 2.05) is 24.3 Å². The maximum atomic E-state index is 12.7. The number of thiophene rings is 1. The zero-order valence-corrected chi connectivity index (χ0v) is 18.4. The van der Waals surface area contributed by atoms with Crippen LogP contribution in [0.2, 0.25) is 4.34 Å². The second-order valence-electron chi connectivity index (χ2n) is 5.27. The Bertz CT molecular complexity index is 1060. The van der Waals surface area contributed by atoms with Crippen molar-refractivity contribution >= 4 is 77.8 Å². The van der Waals surface area contributed by atoms with Gasteiger partial charge in [-0.3, -0.25) is 9.69 Å². The maximum Gasteiger partial charge on any atom is 0.294 e. The van der Waals surface area contributed by atoms with Crippen LogP contribution in [0.3, 0.4) is 0 Å². The van der Waals surface area contributed by atoms with E-state index in [9.17, 15) is 13.2 Å². The van der Waals surface area contributed by atoms with Crippen LogP contribution >= 0.6 is 50.6 Å². The summed E-state index contributed by atoms with van der Waals surface area (Å²) >= 11 is 11.1. The van der Waals surface area contributed by atoms with E-state index in [2.05, 4.69) is 26.9 Å². The lowest BCUT2D eigenvalue weighted by molar-refractivity contribution is -0.121. The molecular formula is C17H12BrClN2O3S3. The first-order chi connectivity index (χ1) is 12.8. The van der Waals surface area contributed by atoms with Crippen molar-refractivity contribution in [3.8, 4) is 0 Å². The van der Waals surface area contributed by atoms with Crippen LogP contribution in [0.4, 0.5) is 0 Å². The molecule has 27 heavy (non-hydrogen) atoms. The third-order valence-corrected chi connectivity index (χ3v) is 7.98. The van der Waals surface area contributed by atoms with E-state index in [1.54, 1.807) is 6.08 Å². The number of nitrogens with zero attached hydrogens (tertiary/aromatic N) is 2. The summed E-state index contributed by atoms with van der Waals surface area (Å²) in [5.41, 5.74) is 0.821. The van der Waals surface area contributed by atoms with E-state index < -0.39 is 10.0 Å². The van der Waals surface area contributed by atoms with Crippen molar-refractivity contribution < 1.29 is 13.2 Å². The molecule has 1 aromatic carbocycles. The van der Waals surface area contributed by atoms with E-state index in [0.29, 0.717) is 9.24 Å². The highest BCUT2D eigenvalue weighted by atomic mass is 79.9. The molecule has 5 nitrogen and oxygen atoms in total. The van der Waals surface area contributed by atoms with Crippen molar-refractivity contribution in [2.24, 2.45) is 4.40 Å². The number of rotatable bonds is 5. The fourth-order valence-corrected chi connectivity index (χ4v) is 6.08. The van der Waals surface area contributed by atoms with Gasteiger partial charge < -0.3 is 0 Å². The van der Waals surface area contributed by atoms with Crippen LogP contribution in [0.15, 0.2) is 67.0 Å². The van der Waals surface area contributed by atoms with Gasteiger partial charge in [0.15, 0.2) is 5.17 Å². The van der Waals surface area contributed by atoms with Crippen molar-refractivity contribution in [3.05, 3.63) is 68.3 Å². The molecule has 3 rings (SSSR count). The molecule has 0 atom stereocenters. The number of hydrogen-bond acceptors (Lipinski definition) is 5. The Morgan fingerprint density at radius 1 is 1.22 bits per heavy atom. The zero-order chi connectivity index (χ0) is 19.6. The van der Waals surface area contributed by atoms with Crippen LogP contribution in [0.25, 0.3) is 6.08 Å². The number of amidine groups is 1. The van der Waals surface area contributed by atoms with Crippen molar-refractivity contribution in [1.29, 1.82) is 0 Å². The second kappa shape index (κ2) is 8.32. The van der Waals surface area contributed by atoms with Gasteiger partial charge in [0.2, 0.25) is 0 Å². The highest BCUT2D eigenvalue weighted by Gasteiger charge is 2.34. The summed E-state index contributed by atoms with van der Waals surface area (Å²) in [4.78, 5) is 14.4. The minimum atomic E-state index is -3.96. The van der Waals surface area contributed by atoms with E-state index in [4.69, 9.17) is 11.6 Å². The summed E-state index contributed by atoms with van der Waals surface area (Å²) in [6.45, 7) is 3.78. The van der Waals surface area contributed by atoms with Gasteiger partial charge in [-0.25, -0.2) is 0 Å². The molecule has 1 aromatic heterocycles. The zero-order valence-electron chi connectivity index (χ0n) is 13.6. The molecule has 140 valence electrons. The molecule has 1 amide bonds. The fraction of sp³-hybridized carbons (Fsp3) is 0.0588. The van der Waals surface area contributed by atoms with Gasteiger partial charge in [-0.05, 0) is 47.7 Å². The van der Waals surface area contributed by atoms with Crippen LogP contribution in [0, 0.1) is 0 Å². The standard InChI is InChI=1S/C17H12BrClN2O3S3/c1-2-9-21-16(22)13(10-11-3-5-12(18)6-4-11)25-17(21)20-27(23,24)15-8-7-14(19)26-15/h2-8,10H,1,9H2/b13-10-,20-17+. The van der Waals surface area contributed by atoms with Gasteiger partial charge in [0.05, 0.1) is 9.24 Å². The molecule has 2 aromatic rings. The quantitative estimate of drug-likeness (QED) is 0.425. The Kier molecular flexibility index (Phi) is 6.27. The predicted molar refractivity (Wildman–Crippen MR) is 116 cm³/mol. The van der Waals surface area contributed by atoms with Gasteiger partial charge in [0.25, 0.3) is 15.9 Å². The molecule has 1 saturated heterocycles. The molecule has 0 radical (unpaired) electrons. The number of sulfonamides is 1. The van der Waals surface area contributed by atoms with Gasteiger partial charge in [-0.2, -0.15) is 8.42 Å². The van der Waals surface area contributed by atoms with E-state index in [1.165, 1.54) is 23.1 Å². The molecule has 0 unspecified atom stereocenters. The minimum absolute atomic E-state index is 0.0249. The summed E-state index contributed by atoms with van der Waals surface area (Å²) in [5.74, 6) is -0.319. The van der Waals surface area contributed by atoms with E-state index >= 15 is 0 Å². The van der Waals surface area contributed by atoms with Gasteiger partial charge in [-0.15, -0.1) is 22.3 Å². The number of halogens is 2. The van der Waals surface area contributed by atoms with Gasteiger partial charge in [-0.1, -0.05) is 45.7 Å². The summed E-state index contributed by atoms with van der Waals surface area (Å²) in [6, 6.07) is 10.3. The molecule has 0 saturated carbocycles. The SMILES string of the molecule is C=CCN1C(=O)/C(=C/c2ccc(Br)cc2)S/C1=N/S(=O)(=O)c1ccc(Cl)s1. The Balaban J connectivity index is 1.98. The normalized spacial score (nSPS) is 17.9. The summed E-state index contributed by atoms with van der Waals surface area (Å²) in [6.07, 6.45) is 3.22. The first kappa shape index (κ1) is 20.3. The average Bonchev–Trinajstić information content (AvgIpc) is 3.17. The first-order valence-electron chi connectivity index (χ1n) is 7.48. The van der Waals surface area contributed by atoms with Gasteiger partial charge >= 0.3 is 0 Å². The largest absolute Gasteiger partial charge is 0.294 e. The van der Waals surface area contributed by atoms with Crippen LogP contribution in [-0.4, -0.2) is 30.9 Å². The lowest BCUT2D eigenvalue weighted by Crippen LogP contribution is -2.29. The van der Waals surface area contributed by atoms with Crippen LogP contribution in [-0.2, 0) is 14.8 Å². The van der Waals surface area contributed by atoms with Crippen molar-refractivity contribution in [3.63, 3.8) is 0 Å². The molecule has 0 aliphatic carbocycles. The topological polar surface area (TPSA) is 66.8 Å². The molecule has 2 heterocycles. The summed E-state index contributed by atoms with van der Waals surface area (Å²) in [5, 5.41) is 0.0905. The number of benzene rings is 1. The molecule has 1 aliphatic heterocycles. The van der Waals surface area contributed by atoms with E-state index in [0.717, 1.165) is 33.1 Å². The number of amides is 1. The molecule has 0 spiro atoms. The highest BCUT2D eigenvalue weighted by Crippen LogP contribution is 2.35. The Morgan fingerprint density at radius 2 is 1.93 bits per heavy atom. The minimum Gasteiger partial charge on any atom is -0.282 e. The monoisotopic (exact) mass is 502 g/mol. The maximum absolute atomic E-state index is 12.7. The summed E-state index contributed by atoms with van der Waals surface area (Å²) in [7, 11) is -3.96. The van der Waals surface area contributed by atoms with Crippen LogP contribution in [0.5, 0.6) is 0 Å². The predicted octanol–water partition coefficient (Wildman–Crippen LogP) is 5.01. The molecule has 0 N–H and O–H groups in total. The Morgan fingerprint density at radius 3 is 2.52 bits per heavy atom. The lowest BCUT2D eigenvalue weighted by atomic mass is 10.2. The van der Waals surface area contributed by atoms with Crippen LogP contribution in [0.1, 0.15) is 5.56 Å². The number of thioether (sulfide) groups is 1. The lowest BCUT2D eigenvalue weighted by Gasteiger charge is -2.12. The Hall–Kier alpha value is -1.39. The smallest absolute Gasteiger partial charge is 0.282 e.